The number of nitrogens with zero attached hydrogens (tertiary/aromatic N) is 1. The summed E-state index contributed by atoms with van der Waals surface area (Å²) in [5, 5.41) is 4.34. The second kappa shape index (κ2) is 5.65. The highest BCUT2D eigenvalue weighted by atomic mass is 35.5. The van der Waals surface area contributed by atoms with Crippen molar-refractivity contribution < 1.29 is 0 Å². The lowest BCUT2D eigenvalue weighted by molar-refractivity contribution is 0.466. The minimum atomic E-state index is 0.567. The van der Waals surface area contributed by atoms with Crippen LogP contribution in [0, 0.1) is 5.92 Å². The van der Waals surface area contributed by atoms with Crippen LogP contribution in [-0.2, 0) is 6.42 Å². The average molecular weight is 239 g/mol. The van der Waals surface area contributed by atoms with E-state index in [2.05, 4.69) is 17.2 Å². The Morgan fingerprint density at radius 3 is 3.00 bits per heavy atom. The van der Waals surface area contributed by atoms with Gasteiger partial charge in [0, 0.05) is 18.4 Å². The Morgan fingerprint density at radius 2 is 2.38 bits per heavy atom. The number of aromatic nitrogens is 1. The topological polar surface area (TPSA) is 24.9 Å². The number of nitrogens with one attached hydrogen (secondary N) is 1. The van der Waals surface area contributed by atoms with Crippen LogP contribution in [0.1, 0.15) is 31.7 Å². The van der Waals surface area contributed by atoms with Gasteiger partial charge in [-0.1, -0.05) is 31.4 Å². The molecule has 3 heteroatoms. The number of rotatable bonds is 6. The van der Waals surface area contributed by atoms with Crippen molar-refractivity contribution in [2.75, 3.05) is 6.54 Å². The van der Waals surface area contributed by atoms with Gasteiger partial charge < -0.3 is 5.32 Å². The molecule has 0 saturated heterocycles. The molecule has 1 N–H and O–H groups in total. The largest absolute Gasteiger partial charge is 0.314 e. The van der Waals surface area contributed by atoms with Crippen molar-refractivity contribution in [1.82, 2.24) is 10.3 Å². The summed E-state index contributed by atoms with van der Waals surface area (Å²) in [6, 6.07) is 2.59. The number of pyridine rings is 1. The summed E-state index contributed by atoms with van der Waals surface area (Å²) < 4.78 is 0. The third kappa shape index (κ3) is 3.46. The summed E-state index contributed by atoms with van der Waals surface area (Å²) >= 11 is 6.13. The van der Waals surface area contributed by atoms with Crippen molar-refractivity contribution in [3.8, 4) is 0 Å². The van der Waals surface area contributed by atoms with E-state index < -0.39 is 0 Å². The fourth-order valence-electron chi connectivity index (χ4n) is 2.12. The van der Waals surface area contributed by atoms with E-state index in [1.165, 1.54) is 24.8 Å². The van der Waals surface area contributed by atoms with Gasteiger partial charge in [0.25, 0.3) is 0 Å². The smallest absolute Gasteiger partial charge is 0.0621 e. The van der Waals surface area contributed by atoms with Crippen LogP contribution in [0.5, 0.6) is 0 Å². The van der Waals surface area contributed by atoms with Gasteiger partial charge in [0.15, 0.2) is 0 Å². The Balaban J connectivity index is 1.95. The van der Waals surface area contributed by atoms with Gasteiger partial charge in [0.1, 0.15) is 0 Å². The van der Waals surface area contributed by atoms with E-state index in [0.717, 1.165) is 23.9 Å². The monoisotopic (exact) mass is 238 g/mol. The average Bonchev–Trinajstić information content (AvgIpc) is 3.06. The molecule has 0 bridgehead atoms. The number of halogens is 1. The van der Waals surface area contributed by atoms with Crippen LogP contribution in [0.25, 0.3) is 0 Å². The van der Waals surface area contributed by atoms with E-state index in [-0.39, 0.29) is 0 Å². The summed E-state index contributed by atoms with van der Waals surface area (Å²) in [5.41, 5.74) is 1.21. The Bertz CT molecular complexity index is 336. The molecule has 1 fully saturated rings. The van der Waals surface area contributed by atoms with Crippen LogP contribution in [0.4, 0.5) is 0 Å². The van der Waals surface area contributed by atoms with Crippen LogP contribution in [0.2, 0.25) is 5.02 Å². The van der Waals surface area contributed by atoms with Gasteiger partial charge in [-0.2, -0.15) is 0 Å². The van der Waals surface area contributed by atoms with Crippen LogP contribution >= 0.6 is 11.6 Å². The van der Waals surface area contributed by atoms with E-state index in [0.29, 0.717) is 6.04 Å². The predicted molar refractivity (Wildman–Crippen MR) is 67.8 cm³/mol. The molecule has 1 aromatic heterocycles. The van der Waals surface area contributed by atoms with E-state index in [1.807, 2.05) is 12.3 Å². The van der Waals surface area contributed by atoms with Crippen molar-refractivity contribution in [3.05, 3.63) is 29.0 Å². The van der Waals surface area contributed by atoms with Crippen molar-refractivity contribution in [2.24, 2.45) is 5.92 Å². The fraction of sp³-hybridized carbons (Fsp3) is 0.615. The van der Waals surface area contributed by atoms with Gasteiger partial charge in [0.05, 0.1) is 5.02 Å². The van der Waals surface area contributed by atoms with E-state index in [9.17, 15) is 0 Å². The molecule has 1 heterocycles. The van der Waals surface area contributed by atoms with Gasteiger partial charge in [-0.25, -0.2) is 0 Å². The molecule has 16 heavy (non-hydrogen) atoms. The highest BCUT2D eigenvalue weighted by Crippen LogP contribution is 2.34. The lowest BCUT2D eigenvalue weighted by Crippen LogP contribution is -2.31. The maximum atomic E-state index is 6.13. The first-order valence-electron chi connectivity index (χ1n) is 6.11. The molecular weight excluding hydrogens is 220 g/mol. The van der Waals surface area contributed by atoms with Crippen molar-refractivity contribution >= 4 is 11.6 Å². The van der Waals surface area contributed by atoms with Crippen molar-refractivity contribution in [1.29, 1.82) is 0 Å². The molecule has 0 aromatic carbocycles. The minimum absolute atomic E-state index is 0.567. The maximum Gasteiger partial charge on any atom is 0.0621 e. The van der Waals surface area contributed by atoms with Gasteiger partial charge in [0.2, 0.25) is 0 Å². The molecule has 1 unspecified atom stereocenters. The first kappa shape index (κ1) is 11.9. The zero-order chi connectivity index (χ0) is 11.4. The molecule has 88 valence electrons. The molecule has 1 atom stereocenters. The van der Waals surface area contributed by atoms with Crippen molar-refractivity contribution in [3.63, 3.8) is 0 Å². The molecule has 2 nitrogen and oxygen atoms in total. The quantitative estimate of drug-likeness (QED) is 0.824. The maximum absolute atomic E-state index is 6.13. The molecule has 0 spiro atoms. The standard InChI is InChI=1S/C13H19ClN2/c1-2-16-12(7-10-3-4-10)8-11-5-6-15-9-13(11)14/h5-6,9-10,12,16H,2-4,7-8H2,1H3. The minimum Gasteiger partial charge on any atom is -0.314 e. The van der Waals surface area contributed by atoms with E-state index in [1.54, 1.807) is 6.20 Å². The molecule has 0 amide bonds. The second-order valence-corrected chi connectivity index (χ2v) is 5.01. The highest BCUT2D eigenvalue weighted by molar-refractivity contribution is 6.31. The van der Waals surface area contributed by atoms with Gasteiger partial charge >= 0.3 is 0 Å². The second-order valence-electron chi connectivity index (χ2n) is 4.60. The molecule has 0 aliphatic heterocycles. The molecule has 1 saturated carbocycles. The third-order valence-electron chi connectivity index (χ3n) is 3.13. The molecule has 1 aliphatic carbocycles. The number of hydrogen-bond donors (Lipinski definition) is 1. The predicted octanol–water partition coefficient (Wildman–Crippen LogP) is 3.06. The van der Waals surface area contributed by atoms with Crippen LogP contribution in [0.3, 0.4) is 0 Å². The van der Waals surface area contributed by atoms with Gasteiger partial charge in [-0.05, 0) is 36.9 Å². The van der Waals surface area contributed by atoms with Crippen LogP contribution in [-0.4, -0.2) is 17.6 Å². The van der Waals surface area contributed by atoms with E-state index >= 15 is 0 Å². The van der Waals surface area contributed by atoms with Crippen LogP contribution < -0.4 is 5.32 Å². The Labute approximate surface area is 102 Å². The third-order valence-corrected chi connectivity index (χ3v) is 3.47. The molecular formula is C13H19ClN2. The summed E-state index contributed by atoms with van der Waals surface area (Å²) in [6.07, 6.45) is 8.68. The van der Waals surface area contributed by atoms with Gasteiger partial charge in [-0.3, -0.25) is 4.98 Å². The summed E-state index contributed by atoms with van der Waals surface area (Å²) in [6.45, 7) is 3.19. The number of likely N-dealkylation sites (N-methyl/N-ethyl adjacent to an activating group) is 1. The Kier molecular flexibility index (Phi) is 4.19. The fourth-order valence-corrected chi connectivity index (χ4v) is 2.31. The lowest BCUT2D eigenvalue weighted by Gasteiger charge is -2.18. The SMILES string of the molecule is CCNC(Cc1ccncc1Cl)CC1CC1. The van der Waals surface area contributed by atoms with Crippen molar-refractivity contribution in [2.45, 2.75) is 38.6 Å². The van der Waals surface area contributed by atoms with Gasteiger partial charge in [-0.15, -0.1) is 0 Å². The Morgan fingerprint density at radius 1 is 1.56 bits per heavy atom. The van der Waals surface area contributed by atoms with Crippen LogP contribution in [0.15, 0.2) is 18.5 Å². The number of hydrogen-bond acceptors (Lipinski definition) is 2. The summed E-state index contributed by atoms with van der Waals surface area (Å²) in [7, 11) is 0. The lowest BCUT2D eigenvalue weighted by atomic mass is 10.0. The molecule has 1 aliphatic rings. The summed E-state index contributed by atoms with van der Waals surface area (Å²) in [4.78, 5) is 4.02. The molecule has 2 rings (SSSR count). The normalized spacial score (nSPS) is 17.4. The zero-order valence-electron chi connectivity index (χ0n) is 9.75. The molecule has 1 aromatic rings. The molecule has 0 radical (unpaired) electrons. The first-order chi connectivity index (χ1) is 7.79. The zero-order valence-corrected chi connectivity index (χ0v) is 10.5. The Hall–Kier alpha value is -0.600. The highest BCUT2D eigenvalue weighted by Gasteiger charge is 2.25. The summed E-state index contributed by atoms with van der Waals surface area (Å²) in [5.74, 6) is 0.949. The first-order valence-corrected chi connectivity index (χ1v) is 6.49. The van der Waals surface area contributed by atoms with E-state index in [4.69, 9.17) is 11.6 Å².